The van der Waals surface area contributed by atoms with E-state index in [1.165, 1.54) is 17.3 Å². The van der Waals surface area contributed by atoms with Gasteiger partial charge in [-0.2, -0.15) is 15.3 Å². The number of amides is 1. The van der Waals surface area contributed by atoms with E-state index in [2.05, 4.69) is 25.7 Å². The molecule has 1 aliphatic rings. The van der Waals surface area contributed by atoms with E-state index >= 15 is 0 Å². The number of aromatic amines is 1. The number of carbonyl (C=O) groups is 1. The van der Waals surface area contributed by atoms with Crippen molar-refractivity contribution in [1.82, 2.24) is 25.3 Å². The quantitative estimate of drug-likeness (QED) is 0.398. The summed E-state index contributed by atoms with van der Waals surface area (Å²) in [5.41, 5.74) is 0.744. The van der Waals surface area contributed by atoms with Gasteiger partial charge >= 0.3 is 0 Å². The van der Waals surface area contributed by atoms with Crippen molar-refractivity contribution in [3.63, 3.8) is 0 Å². The van der Waals surface area contributed by atoms with Gasteiger partial charge < -0.3 is 19.7 Å². The summed E-state index contributed by atoms with van der Waals surface area (Å²) < 4.78 is 74.3. The van der Waals surface area contributed by atoms with Crippen LogP contribution < -0.4 is 10.1 Å². The number of rotatable bonds is 7. The fraction of sp³-hybridized carbons (Fsp3) is 0.273. The first-order valence-electron chi connectivity index (χ1n) is 11.6. The Morgan fingerprint density at radius 2 is 2.21 bits per heavy atom. The van der Waals surface area contributed by atoms with E-state index in [-0.39, 0.29) is 43.4 Å². The van der Waals surface area contributed by atoms with Crippen molar-refractivity contribution in [3.05, 3.63) is 59.7 Å². The van der Waals surface area contributed by atoms with Gasteiger partial charge in [0.05, 0.1) is 19.0 Å². The van der Waals surface area contributed by atoms with Gasteiger partial charge in [-0.15, -0.1) is 0 Å². The molecule has 3 heterocycles. The first-order chi connectivity index (χ1) is 17.6. The highest BCUT2D eigenvalue weighted by Gasteiger charge is 2.23. The van der Waals surface area contributed by atoms with Crippen LogP contribution >= 0.6 is 0 Å². The lowest BCUT2D eigenvalue weighted by Gasteiger charge is -2.29. The van der Waals surface area contributed by atoms with Crippen molar-refractivity contribution in [2.75, 3.05) is 38.6 Å². The molecule has 12 heteroatoms. The molecule has 1 fully saturated rings. The van der Waals surface area contributed by atoms with Gasteiger partial charge in [-0.3, -0.25) is 9.89 Å². The van der Waals surface area contributed by atoms with Crippen LogP contribution in [0, 0.1) is 17.5 Å². The van der Waals surface area contributed by atoms with E-state index in [0.717, 1.165) is 24.3 Å². The molecule has 3 aromatic rings. The Balaban J connectivity index is 1.51. The van der Waals surface area contributed by atoms with Gasteiger partial charge in [0.2, 0.25) is 5.91 Å². The number of anilines is 1. The Morgan fingerprint density at radius 3 is 2.94 bits per heavy atom. The number of likely N-dealkylation sites (N-methyl/N-ethyl adjacent to an activating group) is 1. The molecule has 1 saturated heterocycles. The number of hydrogen-bond acceptors (Lipinski definition) is 7. The van der Waals surface area contributed by atoms with Crippen LogP contribution in [0.4, 0.5) is 19.0 Å². The van der Waals surface area contributed by atoms with Crippen molar-refractivity contribution in [1.29, 1.82) is 0 Å². The van der Waals surface area contributed by atoms with E-state index in [1.54, 1.807) is 6.07 Å². The number of ether oxygens (including phenoxy) is 2. The zero-order valence-corrected chi connectivity index (χ0v) is 17.6. The van der Waals surface area contributed by atoms with Gasteiger partial charge in [0.1, 0.15) is 18.4 Å². The Bertz CT molecular complexity index is 1270. The van der Waals surface area contributed by atoms with E-state index in [9.17, 15) is 18.0 Å². The van der Waals surface area contributed by atoms with Crippen LogP contribution in [0.25, 0.3) is 17.3 Å². The molecule has 1 atom stereocenters. The summed E-state index contributed by atoms with van der Waals surface area (Å²) in [6, 6.07) is 3.11. The third-order valence-corrected chi connectivity index (χ3v) is 4.81. The van der Waals surface area contributed by atoms with Crippen molar-refractivity contribution < 1.29 is 31.6 Å². The van der Waals surface area contributed by atoms with Crippen LogP contribution in [0.3, 0.4) is 0 Å². The normalized spacial score (nSPS) is 18.3. The molecule has 4 rings (SSSR count). The molecule has 178 valence electrons. The molecule has 1 unspecified atom stereocenters. The van der Waals surface area contributed by atoms with E-state index in [1.807, 2.05) is 0 Å². The zero-order chi connectivity index (χ0) is 26.6. The van der Waals surface area contributed by atoms with Gasteiger partial charge in [0.15, 0.2) is 29.0 Å². The third-order valence-electron chi connectivity index (χ3n) is 4.81. The predicted octanol–water partition coefficient (Wildman–Crippen LogP) is 2.65. The summed E-state index contributed by atoms with van der Waals surface area (Å²) in [7, 11) is 0. The molecule has 2 N–H and O–H groups in total. The molecule has 0 radical (unpaired) electrons. The van der Waals surface area contributed by atoms with Gasteiger partial charge in [0.25, 0.3) is 0 Å². The highest BCUT2D eigenvalue weighted by atomic mass is 19.2. The lowest BCUT2D eigenvalue weighted by molar-refractivity contribution is -0.111. The fourth-order valence-electron chi connectivity index (χ4n) is 3.19. The standard InChI is InChI=1S/C22H21F3N6O3/c1-31-6-7-33-15(11-31)12-34-21-20(14-4-5-26-27-10-14)29-30-22(21)28-18(32)3-2-13-8-16(23)19(25)17(24)9-13/h2-5,8-10,15H,6-7,11-12H2,1H3,(H2,28,29,30,32)/i1D3. The largest absolute Gasteiger partial charge is 0.485 e. The van der Waals surface area contributed by atoms with Crippen LogP contribution in [0.1, 0.15) is 9.68 Å². The Kier molecular flexibility index (Phi) is 6.04. The minimum Gasteiger partial charge on any atom is -0.485 e. The summed E-state index contributed by atoms with van der Waals surface area (Å²) in [5, 5.41) is 16.9. The minimum absolute atomic E-state index is 0.0511. The van der Waals surface area contributed by atoms with E-state index < -0.39 is 36.4 Å². The number of nitrogens with zero attached hydrogens (tertiary/aromatic N) is 4. The number of carbonyl (C=O) groups excluding carboxylic acids is 1. The summed E-state index contributed by atoms with van der Waals surface area (Å²) in [6.45, 7) is -1.76. The molecule has 1 aliphatic heterocycles. The predicted molar refractivity (Wildman–Crippen MR) is 116 cm³/mol. The Labute approximate surface area is 196 Å². The van der Waals surface area contributed by atoms with E-state index in [4.69, 9.17) is 13.6 Å². The molecule has 0 saturated carbocycles. The summed E-state index contributed by atoms with van der Waals surface area (Å²) in [4.78, 5) is 13.8. The van der Waals surface area contributed by atoms with E-state index in [0.29, 0.717) is 11.3 Å². The average Bonchev–Trinajstić information content (AvgIpc) is 3.27. The molecular formula is C22H21F3N6O3. The van der Waals surface area contributed by atoms with Crippen LogP contribution in [-0.2, 0) is 9.53 Å². The number of H-pyrrole nitrogens is 1. The monoisotopic (exact) mass is 477 g/mol. The van der Waals surface area contributed by atoms with Crippen molar-refractivity contribution in [2.45, 2.75) is 6.10 Å². The Hall–Kier alpha value is -3.77. The van der Waals surface area contributed by atoms with Crippen LogP contribution in [0.5, 0.6) is 5.75 Å². The number of benzene rings is 1. The smallest absolute Gasteiger partial charge is 0.249 e. The van der Waals surface area contributed by atoms with Gasteiger partial charge in [-0.1, -0.05) is 0 Å². The highest BCUT2D eigenvalue weighted by molar-refractivity contribution is 6.02. The van der Waals surface area contributed by atoms with Crippen molar-refractivity contribution >= 4 is 17.8 Å². The molecule has 1 amide bonds. The lowest BCUT2D eigenvalue weighted by atomic mass is 10.2. The average molecular weight is 477 g/mol. The SMILES string of the molecule is [2H]C([2H])([2H])N1CCOC(COc2c(-c3ccnnc3)n[nH]c2NC(=O)C=Cc2cc(F)c(F)c(F)c2)C1. The topological polar surface area (TPSA) is 105 Å². The number of halogens is 3. The minimum atomic E-state index is -2.27. The zero-order valence-electron chi connectivity index (χ0n) is 20.6. The summed E-state index contributed by atoms with van der Waals surface area (Å²) in [5.74, 6) is -4.91. The number of aromatic nitrogens is 4. The maximum atomic E-state index is 13.4. The first-order valence-corrected chi connectivity index (χ1v) is 10.1. The number of hydrogen-bond donors (Lipinski definition) is 2. The molecule has 0 aliphatic carbocycles. The van der Waals surface area contributed by atoms with Crippen LogP contribution in [-0.4, -0.2) is 70.6 Å². The second kappa shape index (κ2) is 10.4. The van der Waals surface area contributed by atoms with Gasteiger partial charge in [0, 0.05) is 28.8 Å². The number of morpholine rings is 1. The lowest BCUT2D eigenvalue weighted by Crippen LogP contribution is -2.42. The second-order valence-corrected chi connectivity index (χ2v) is 7.28. The summed E-state index contributed by atoms with van der Waals surface area (Å²) >= 11 is 0. The van der Waals surface area contributed by atoms with Crippen LogP contribution in [0.15, 0.2) is 36.7 Å². The first kappa shape index (κ1) is 19.7. The summed E-state index contributed by atoms with van der Waals surface area (Å²) in [6.07, 6.45) is 4.39. The highest BCUT2D eigenvalue weighted by Crippen LogP contribution is 2.34. The van der Waals surface area contributed by atoms with Crippen molar-refractivity contribution in [2.24, 2.45) is 0 Å². The maximum absolute atomic E-state index is 13.4. The van der Waals surface area contributed by atoms with Gasteiger partial charge in [-0.05, 0) is 36.8 Å². The van der Waals surface area contributed by atoms with Gasteiger partial charge in [-0.25, -0.2) is 13.2 Å². The molecule has 34 heavy (non-hydrogen) atoms. The molecule has 0 spiro atoms. The molecular weight excluding hydrogens is 453 g/mol. The molecule has 1 aromatic carbocycles. The van der Waals surface area contributed by atoms with Crippen molar-refractivity contribution in [3.8, 4) is 17.0 Å². The molecule has 9 nitrogen and oxygen atoms in total. The molecule has 2 aromatic heterocycles. The maximum Gasteiger partial charge on any atom is 0.249 e. The molecule has 0 bridgehead atoms. The van der Waals surface area contributed by atoms with Crippen LogP contribution in [0.2, 0.25) is 0 Å². The second-order valence-electron chi connectivity index (χ2n) is 7.28. The fourth-order valence-corrected chi connectivity index (χ4v) is 3.19. The Morgan fingerprint density at radius 1 is 1.38 bits per heavy atom. The number of nitrogens with one attached hydrogen (secondary N) is 2. The third kappa shape index (κ3) is 5.58.